The van der Waals surface area contributed by atoms with E-state index in [1.165, 1.54) is 0 Å². The molecule has 6 nitrogen and oxygen atoms in total. The van der Waals surface area contributed by atoms with Crippen LogP contribution in [-0.2, 0) is 9.53 Å². The number of nitrogens with one attached hydrogen (secondary N) is 1. The Bertz CT molecular complexity index is 297. The van der Waals surface area contributed by atoms with Crippen molar-refractivity contribution in [3.05, 3.63) is 0 Å². The van der Waals surface area contributed by atoms with E-state index in [1.54, 1.807) is 7.11 Å². The summed E-state index contributed by atoms with van der Waals surface area (Å²) in [6.45, 7) is 0.373. The summed E-state index contributed by atoms with van der Waals surface area (Å²) in [5.74, 6) is -0.0134. The molecule has 0 bridgehead atoms. The van der Waals surface area contributed by atoms with Crippen molar-refractivity contribution >= 4 is 11.7 Å². The second-order valence-corrected chi connectivity index (χ2v) is 4.77. The Hall–Kier alpha value is -1.30. The molecule has 1 aliphatic carbocycles. The Morgan fingerprint density at radius 1 is 1.39 bits per heavy atom. The zero-order valence-electron chi connectivity index (χ0n) is 10.9. The van der Waals surface area contributed by atoms with Crippen molar-refractivity contribution in [2.75, 3.05) is 13.7 Å². The first-order chi connectivity index (χ1) is 8.64. The lowest BCUT2D eigenvalue weighted by molar-refractivity contribution is -0.123. The Balaban J connectivity index is 2.73. The molecule has 4 N–H and O–H groups in total. The number of hydrogen-bond acceptors (Lipinski definition) is 4. The number of oxime groups is 1. The lowest BCUT2D eigenvalue weighted by Gasteiger charge is -2.32. The number of rotatable bonds is 5. The summed E-state index contributed by atoms with van der Waals surface area (Å²) in [5.41, 5.74) is 5.10. The molecule has 6 heteroatoms. The van der Waals surface area contributed by atoms with Crippen LogP contribution >= 0.6 is 0 Å². The number of nitrogens with zero attached hydrogens (tertiary/aromatic N) is 1. The molecule has 0 atom stereocenters. The van der Waals surface area contributed by atoms with Crippen molar-refractivity contribution in [1.82, 2.24) is 5.32 Å². The first-order valence-electron chi connectivity index (χ1n) is 6.42. The van der Waals surface area contributed by atoms with E-state index in [9.17, 15) is 4.79 Å². The number of hydrogen-bond donors (Lipinski definition) is 3. The van der Waals surface area contributed by atoms with Gasteiger partial charge in [-0.2, -0.15) is 0 Å². The van der Waals surface area contributed by atoms with Gasteiger partial charge in [0.1, 0.15) is 5.54 Å². The molecular formula is C12H23N3O3. The van der Waals surface area contributed by atoms with Crippen molar-refractivity contribution in [2.24, 2.45) is 10.9 Å². The third-order valence-electron chi connectivity index (χ3n) is 3.47. The summed E-state index contributed by atoms with van der Waals surface area (Å²) in [6.07, 6.45) is 5.92. The first-order valence-corrected chi connectivity index (χ1v) is 6.42. The predicted molar refractivity (Wildman–Crippen MR) is 68.5 cm³/mol. The maximum absolute atomic E-state index is 11.8. The van der Waals surface area contributed by atoms with Crippen LogP contribution in [-0.4, -0.2) is 36.2 Å². The molecule has 1 saturated carbocycles. The van der Waals surface area contributed by atoms with Crippen LogP contribution < -0.4 is 11.1 Å². The minimum Gasteiger partial charge on any atom is -0.409 e. The van der Waals surface area contributed by atoms with E-state index in [4.69, 9.17) is 15.7 Å². The van der Waals surface area contributed by atoms with Gasteiger partial charge in [-0.15, -0.1) is 0 Å². The van der Waals surface area contributed by atoms with Crippen LogP contribution in [0, 0.1) is 0 Å². The molecule has 0 radical (unpaired) electrons. The maximum atomic E-state index is 11.8. The number of ether oxygens (including phenoxy) is 1. The number of carbonyl (C=O) groups is 1. The number of nitrogens with two attached hydrogens (primary N) is 1. The number of amides is 1. The summed E-state index contributed by atoms with van der Waals surface area (Å²) >= 11 is 0. The zero-order chi connectivity index (χ0) is 13.4. The molecule has 0 spiro atoms. The first kappa shape index (κ1) is 14.8. The maximum Gasteiger partial charge on any atom is 0.223 e. The fourth-order valence-electron chi connectivity index (χ4n) is 2.40. The second-order valence-electron chi connectivity index (χ2n) is 4.77. The third kappa shape index (κ3) is 3.87. The molecule has 1 amide bonds. The molecule has 18 heavy (non-hydrogen) atoms. The van der Waals surface area contributed by atoms with Gasteiger partial charge in [-0.3, -0.25) is 4.79 Å². The molecule has 104 valence electrons. The number of carbonyl (C=O) groups excluding carboxylic acids is 1. The van der Waals surface area contributed by atoms with E-state index in [-0.39, 0.29) is 18.2 Å². The quantitative estimate of drug-likeness (QED) is 0.225. The lowest BCUT2D eigenvalue weighted by Crippen LogP contribution is -2.57. The summed E-state index contributed by atoms with van der Waals surface area (Å²) in [7, 11) is 1.55. The summed E-state index contributed by atoms with van der Waals surface area (Å²) in [6, 6.07) is 0. The fourth-order valence-corrected chi connectivity index (χ4v) is 2.40. The SMILES string of the molecule is COCCC(=O)NC1(C(N)=NO)CCCCCC1. The topological polar surface area (TPSA) is 96.9 Å². The van der Waals surface area contributed by atoms with Gasteiger partial charge in [0.15, 0.2) is 5.84 Å². The highest BCUT2D eigenvalue weighted by Crippen LogP contribution is 2.27. The summed E-state index contributed by atoms with van der Waals surface area (Å²) in [4.78, 5) is 11.8. The van der Waals surface area contributed by atoms with E-state index in [1.807, 2.05) is 0 Å². The minimum atomic E-state index is -0.684. The van der Waals surface area contributed by atoms with Crippen molar-refractivity contribution < 1.29 is 14.7 Å². The van der Waals surface area contributed by atoms with Gasteiger partial charge < -0.3 is 21.0 Å². The van der Waals surface area contributed by atoms with Crippen molar-refractivity contribution in [1.29, 1.82) is 0 Å². The summed E-state index contributed by atoms with van der Waals surface area (Å²) < 4.78 is 4.87. The Morgan fingerprint density at radius 2 is 2.00 bits per heavy atom. The van der Waals surface area contributed by atoms with E-state index in [0.717, 1.165) is 38.5 Å². The van der Waals surface area contributed by atoms with Gasteiger partial charge in [0.25, 0.3) is 0 Å². The number of amidine groups is 1. The van der Waals surface area contributed by atoms with Crippen LogP contribution in [0.15, 0.2) is 5.16 Å². The molecule has 0 heterocycles. The van der Waals surface area contributed by atoms with Gasteiger partial charge in [-0.25, -0.2) is 0 Å². The minimum absolute atomic E-state index is 0.107. The average molecular weight is 257 g/mol. The van der Waals surface area contributed by atoms with Crippen LogP contribution in [0.5, 0.6) is 0 Å². The third-order valence-corrected chi connectivity index (χ3v) is 3.47. The lowest BCUT2D eigenvalue weighted by atomic mass is 9.88. The van der Waals surface area contributed by atoms with Crippen molar-refractivity contribution in [3.8, 4) is 0 Å². The standard InChI is InChI=1S/C12H23N3O3/c1-18-9-6-10(16)14-12(11(13)15-17)7-4-2-3-5-8-12/h17H,2-9H2,1H3,(H2,13,15)(H,14,16). The van der Waals surface area contributed by atoms with Crippen LogP contribution in [0.2, 0.25) is 0 Å². The Kier molecular flexibility index (Phi) is 5.91. The zero-order valence-corrected chi connectivity index (χ0v) is 10.9. The average Bonchev–Trinajstić information content (AvgIpc) is 2.62. The highest BCUT2D eigenvalue weighted by Gasteiger charge is 2.36. The van der Waals surface area contributed by atoms with Gasteiger partial charge in [0.05, 0.1) is 6.61 Å². The largest absolute Gasteiger partial charge is 0.409 e. The molecule has 1 fully saturated rings. The summed E-state index contributed by atoms with van der Waals surface area (Å²) in [5, 5.41) is 15.0. The number of methoxy groups -OCH3 is 1. The van der Waals surface area contributed by atoms with Gasteiger partial charge in [-0.05, 0) is 12.8 Å². The van der Waals surface area contributed by atoms with E-state index in [2.05, 4.69) is 10.5 Å². The fraction of sp³-hybridized carbons (Fsp3) is 0.833. The normalized spacial score (nSPS) is 20.2. The molecule has 1 aliphatic rings. The van der Waals surface area contributed by atoms with E-state index in [0.29, 0.717) is 6.61 Å². The predicted octanol–water partition coefficient (Wildman–Crippen LogP) is 0.978. The molecular weight excluding hydrogens is 234 g/mol. The highest BCUT2D eigenvalue weighted by atomic mass is 16.5. The molecule has 0 aromatic heterocycles. The van der Waals surface area contributed by atoms with Crippen LogP contribution in [0.4, 0.5) is 0 Å². The van der Waals surface area contributed by atoms with Gasteiger partial charge in [-0.1, -0.05) is 30.8 Å². The molecule has 1 rings (SSSR count). The van der Waals surface area contributed by atoms with Crippen LogP contribution in [0.25, 0.3) is 0 Å². The van der Waals surface area contributed by atoms with E-state index >= 15 is 0 Å². The molecule has 0 aliphatic heterocycles. The molecule has 0 aromatic rings. The second kappa shape index (κ2) is 7.20. The monoisotopic (exact) mass is 257 g/mol. The van der Waals surface area contributed by atoms with Gasteiger partial charge in [0.2, 0.25) is 5.91 Å². The smallest absolute Gasteiger partial charge is 0.223 e. The molecule has 0 saturated heterocycles. The van der Waals surface area contributed by atoms with Gasteiger partial charge >= 0.3 is 0 Å². The highest BCUT2D eigenvalue weighted by molar-refractivity contribution is 5.93. The Morgan fingerprint density at radius 3 is 2.50 bits per heavy atom. The van der Waals surface area contributed by atoms with Gasteiger partial charge in [0, 0.05) is 13.5 Å². The molecule has 0 aromatic carbocycles. The van der Waals surface area contributed by atoms with E-state index < -0.39 is 5.54 Å². The van der Waals surface area contributed by atoms with Crippen LogP contribution in [0.1, 0.15) is 44.9 Å². The van der Waals surface area contributed by atoms with Crippen LogP contribution in [0.3, 0.4) is 0 Å². The van der Waals surface area contributed by atoms with Crippen molar-refractivity contribution in [3.63, 3.8) is 0 Å². The molecule has 0 unspecified atom stereocenters. The Labute approximate surface area is 108 Å². The van der Waals surface area contributed by atoms with Crippen molar-refractivity contribution in [2.45, 2.75) is 50.5 Å².